The average molecular weight is 347 g/mol. The number of carbonyl (C=O) groups is 2. The third-order valence-electron chi connectivity index (χ3n) is 6.32. The largest absolute Gasteiger partial charge is 0.481 e. The van der Waals surface area contributed by atoms with E-state index >= 15 is 0 Å². The quantitative estimate of drug-likeness (QED) is 0.887. The van der Waals surface area contributed by atoms with Gasteiger partial charge in [0, 0.05) is 13.1 Å². The van der Waals surface area contributed by atoms with E-state index in [1.54, 1.807) is 11.0 Å². The predicted octanol–water partition coefficient (Wildman–Crippen LogP) is 3.50. The van der Waals surface area contributed by atoms with Crippen molar-refractivity contribution in [2.75, 3.05) is 13.1 Å². The first-order valence-corrected chi connectivity index (χ1v) is 9.06. The first kappa shape index (κ1) is 17.9. The molecule has 1 saturated heterocycles. The Kier molecular flexibility index (Phi) is 4.60. The van der Waals surface area contributed by atoms with Gasteiger partial charge in [-0.25, -0.2) is 4.39 Å². The highest BCUT2D eigenvalue weighted by Crippen LogP contribution is 2.48. The van der Waals surface area contributed by atoms with Crippen LogP contribution in [0.25, 0.3) is 0 Å². The zero-order chi connectivity index (χ0) is 18.2. The number of benzene rings is 1. The molecule has 1 aromatic carbocycles. The fourth-order valence-corrected chi connectivity index (χ4v) is 4.34. The van der Waals surface area contributed by atoms with Crippen LogP contribution in [-0.2, 0) is 16.0 Å². The minimum absolute atomic E-state index is 0.0247. The van der Waals surface area contributed by atoms with Crippen molar-refractivity contribution in [3.8, 4) is 0 Å². The van der Waals surface area contributed by atoms with E-state index < -0.39 is 16.8 Å². The number of likely N-dealkylation sites (tertiary alicyclic amines) is 1. The van der Waals surface area contributed by atoms with E-state index in [1.165, 1.54) is 12.1 Å². The average Bonchev–Trinajstić information content (AvgIpc) is 2.97. The first-order chi connectivity index (χ1) is 11.8. The van der Waals surface area contributed by atoms with Gasteiger partial charge in [-0.15, -0.1) is 0 Å². The minimum atomic E-state index is -0.848. The van der Waals surface area contributed by atoms with Crippen LogP contribution in [-0.4, -0.2) is 35.0 Å². The molecule has 1 aliphatic heterocycles. The molecule has 1 aromatic rings. The lowest BCUT2D eigenvalue weighted by Crippen LogP contribution is -2.50. The lowest BCUT2D eigenvalue weighted by atomic mass is 9.64. The van der Waals surface area contributed by atoms with E-state index in [2.05, 4.69) is 0 Å². The normalized spacial score (nSPS) is 25.0. The summed E-state index contributed by atoms with van der Waals surface area (Å²) in [5, 5.41) is 9.69. The van der Waals surface area contributed by atoms with Gasteiger partial charge >= 0.3 is 5.97 Å². The Labute approximate surface area is 148 Å². The Hall–Kier alpha value is -1.91. The zero-order valence-corrected chi connectivity index (χ0v) is 14.9. The second kappa shape index (κ2) is 6.43. The smallest absolute Gasteiger partial charge is 0.311 e. The third kappa shape index (κ3) is 3.05. The molecule has 1 N–H and O–H groups in total. The van der Waals surface area contributed by atoms with E-state index in [4.69, 9.17) is 0 Å². The summed E-state index contributed by atoms with van der Waals surface area (Å²) >= 11 is 0. The van der Waals surface area contributed by atoms with Gasteiger partial charge in [-0.2, -0.15) is 0 Å². The molecular formula is C20H26FNO3. The summed E-state index contributed by atoms with van der Waals surface area (Å²) in [5.41, 5.74) is -0.501. The molecule has 4 nitrogen and oxygen atoms in total. The standard InChI is InChI=1S/C20H26FNO3/c1-14(2)20(18(24)25)9-10-22(13-20)17(23)19(7-4-8-19)12-15-5-3-6-16(21)11-15/h3,5-6,11,14H,4,7-10,12-13H2,1-2H3,(H,24,25). The Balaban J connectivity index is 1.78. The van der Waals surface area contributed by atoms with Crippen LogP contribution in [0.2, 0.25) is 0 Å². The van der Waals surface area contributed by atoms with E-state index in [9.17, 15) is 19.1 Å². The summed E-state index contributed by atoms with van der Waals surface area (Å²) in [4.78, 5) is 26.8. The molecule has 1 amide bonds. The molecule has 0 spiro atoms. The van der Waals surface area contributed by atoms with Gasteiger partial charge in [-0.1, -0.05) is 32.4 Å². The van der Waals surface area contributed by atoms with Gasteiger partial charge in [0.1, 0.15) is 5.82 Å². The Morgan fingerprint density at radius 3 is 2.48 bits per heavy atom. The molecule has 0 aromatic heterocycles. The number of nitrogens with zero attached hydrogens (tertiary/aromatic N) is 1. The van der Waals surface area contributed by atoms with E-state index in [-0.39, 0.29) is 24.2 Å². The Morgan fingerprint density at radius 2 is 2.00 bits per heavy atom. The van der Waals surface area contributed by atoms with Crippen molar-refractivity contribution in [3.63, 3.8) is 0 Å². The van der Waals surface area contributed by atoms with Crippen LogP contribution < -0.4 is 0 Å². The van der Waals surface area contributed by atoms with Crippen molar-refractivity contribution in [2.24, 2.45) is 16.7 Å². The molecular weight excluding hydrogens is 321 g/mol. The van der Waals surface area contributed by atoms with Gasteiger partial charge in [0.05, 0.1) is 10.8 Å². The minimum Gasteiger partial charge on any atom is -0.481 e. The van der Waals surface area contributed by atoms with Crippen molar-refractivity contribution in [1.29, 1.82) is 0 Å². The van der Waals surface area contributed by atoms with Gasteiger partial charge in [0.25, 0.3) is 0 Å². The van der Waals surface area contributed by atoms with Gasteiger partial charge in [0.2, 0.25) is 5.91 Å². The van der Waals surface area contributed by atoms with Crippen molar-refractivity contribution in [2.45, 2.75) is 46.0 Å². The van der Waals surface area contributed by atoms with Crippen molar-refractivity contribution in [3.05, 3.63) is 35.6 Å². The SMILES string of the molecule is CC(C)C1(C(=O)O)CCN(C(=O)C2(Cc3cccc(F)c3)CCC2)C1. The maximum absolute atomic E-state index is 13.5. The van der Waals surface area contributed by atoms with Gasteiger partial charge < -0.3 is 10.0 Å². The van der Waals surface area contributed by atoms with Gasteiger partial charge in [-0.05, 0) is 49.3 Å². The van der Waals surface area contributed by atoms with E-state index in [1.807, 2.05) is 19.9 Å². The summed E-state index contributed by atoms with van der Waals surface area (Å²) in [6.45, 7) is 4.60. The molecule has 0 bridgehead atoms. The van der Waals surface area contributed by atoms with Crippen LogP contribution in [0.15, 0.2) is 24.3 Å². The molecule has 2 aliphatic rings. The molecule has 136 valence electrons. The second-order valence-corrected chi connectivity index (χ2v) is 8.03. The van der Waals surface area contributed by atoms with Crippen LogP contribution in [0.4, 0.5) is 4.39 Å². The highest BCUT2D eigenvalue weighted by Gasteiger charge is 2.53. The van der Waals surface area contributed by atoms with Crippen LogP contribution in [0.1, 0.15) is 45.1 Å². The van der Waals surface area contributed by atoms with Crippen LogP contribution in [0, 0.1) is 22.6 Å². The molecule has 0 radical (unpaired) electrons. The summed E-state index contributed by atoms with van der Waals surface area (Å²) < 4.78 is 13.5. The van der Waals surface area contributed by atoms with Crippen LogP contribution in [0.5, 0.6) is 0 Å². The fourth-order valence-electron chi connectivity index (χ4n) is 4.34. The number of hydrogen-bond donors (Lipinski definition) is 1. The van der Waals surface area contributed by atoms with Gasteiger partial charge in [0.15, 0.2) is 0 Å². The van der Waals surface area contributed by atoms with Crippen molar-refractivity contribution in [1.82, 2.24) is 4.90 Å². The molecule has 1 heterocycles. The van der Waals surface area contributed by atoms with E-state index in [0.29, 0.717) is 19.4 Å². The lowest BCUT2D eigenvalue weighted by molar-refractivity contribution is -0.153. The molecule has 2 fully saturated rings. The number of rotatable bonds is 5. The monoisotopic (exact) mass is 347 g/mol. The second-order valence-electron chi connectivity index (χ2n) is 8.03. The Morgan fingerprint density at radius 1 is 1.28 bits per heavy atom. The number of halogens is 1. The van der Waals surface area contributed by atoms with Crippen molar-refractivity contribution >= 4 is 11.9 Å². The highest BCUT2D eigenvalue weighted by molar-refractivity contribution is 5.86. The first-order valence-electron chi connectivity index (χ1n) is 9.06. The molecule has 1 unspecified atom stereocenters. The van der Waals surface area contributed by atoms with Crippen LogP contribution >= 0.6 is 0 Å². The number of amides is 1. The predicted molar refractivity (Wildman–Crippen MR) is 92.5 cm³/mol. The number of carbonyl (C=O) groups excluding carboxylic acids is 1. The summed E-state index contributed by atoms with van der Waals surface area (Å²) in [6, 6.07) is 6.43. The zero-order valence-electron chi connectivity index (χ0n) is 14.9. The molecule has 1 atom stereocenters. The summed E-state index contributed by atoms with van der Waals surface area (Å²) in [7, 11) is 0. The number of carboxylic acid groups (broad SMARTS) is 1. The summed E-state index contributed by atoms with van der Waals surface area (Å²) in [6.07, 6.45) is 3.61. The van der Waals surface area contributed by atoms with Crippen LogP contribution in [0.3, 0.4) is 0 Å². The molecule has 5 heteroatoms. The molecule has 1 saturated carbocycles. The molecule has 3 rings (SSSR count). The maximum Gasteiger partial charge on any atom is 0.311 e. The molecule has 25 heavy (non-hydrogen) atoms. The lowest BCUT2D eigenvalue weighted by Gasteiger charge is -2.43. The number of carboxylic acids is 1. The number of hydrogen-bond acceptors (Lipinski definition) is 2. The highest BCUT2D eigenvalue weighted by atomic mass is 19.1. The summed E-state index contributed by atoms with van der Waals surface area (Å²) in [5.74, 6) is -1.08. The fraction of sp³-hybridized carbons (Fsp3) is 0.600. The Bertz CT molecular complexity index is 683. The third-order valence-corrected chi connectivity index (χ3v) is 6.32. The van der Waals surface area contributed by atoms with E-state index in [0.717, 1.165) is 24.8 Å². The number of aliphatic carboxylic acids is 1. The van der Waals surface area contributed by atoms with Gasteiger partial charge in [-0.3, -0.25) is 9.59 Å². The topological polar surface area (TPSA) is 57.6 Å². The molecule has 1 aliphatic carbocycles. The van der Waals surface area contributed by atoms with Crippen molar-refractivity contribution < 1.29 is 19.1 Å². The maximum atomic E-state index is 13.5.